The Kier molecular flexibility index (Phi) is 6.00. The molecule has 0 aliphatic rings. The lowest BCUT2D eigenvalue weighted by Crippen LogP contribution is -2.38. The molecule has 0 radical (unpaired) electrons. The standard InChI is InChI=1S/C14H16F3NO3S/c1-4-10-18(3)11(2)13(12-8-6-5-7-9-12)21-22(19,20)14(15,16)17/h1,5-9,11,13H,10H2,2-3H3/t11?,13-/m1/s1. The van der Waals surface area contributed by atoms with Gasteiger partial charge in [0.05, 0.1) is 6.54 Å². The number of benzene rings is 1. The van der Waals surface area contributed by atoms with Gasteiger partial charge in [-0.3, -0.25) is 9.08 Å². The Morgan fingerprint density at radius 1 is 1.32 bits per heavy atom. The minimum absolute atomic E-state index is 0.139. The Hall–Kier alpha value is -1.56. The van der Waals surface area contributed by atoms with Gasteiger partial charge in [0.15, 0.2) is 0 Å². The van der Waals surface area contributed by atoms with E-state index >= 15 is 0 Å². The molecule has 1 aromatic rings. The molecule has 2 atom stereocenters. The molecule has 0 aromatic heterocycles. The zero-order chi connectivity index (χ0) is 17.0. The van der Waals surface area contributed by atoms with Crippen molar-refractivity contribution in [2.24, 2.45) is 0 Å². The zero-order valence-corrected chi connectivity index (χ0v) is 12.9. The molecule has 0 aliphatic carbocycles. The largest absolute Gasteiger partial charge is 0.523 e. The zero-order valence-electron chi connectivity index (χ0n) is 12.0. The molecule has 8 heteroatoms. The van der Waals surface area contributed by atoms with E-state index in [1.54, 1.807) is 32.2 Å². The molecule has 0 fully saturated rings. The number of alkyl halides is 3. The maximum Gasteiger partial charge on any atom is 0.523 e. The summed E-state index contributed by atoms with van der Waals surface area (Å²) in [6.45, 7) is 1.68. The summed E-state index contributed by atoms with van der Waals surface area (Å²) in [6.07, 6.45) is 3.84. The molecule has 0 amide bonds. The summed E-state index contributed by atoms with van der Waals surface area (Å²) in [5, 5.41) is 0. The molecule has 0 spiro atoms. The highest BCUT2D eigenvalue weighted by Gasteiger charge is 2.49. The molecule has 4 nitrogen and oxygen atoms in total. The Morgan fingerprint density at radius 2 is 1.86 bits per heavy atom. The molecule has 122 valence electrons. The van der Waals surface area contributed by atoms with Gasteiger partial charge >= 0.3 is 15.6 Å². The molecule has 0 bridgehead atoms. The fourth-order valence-corrected chi connectivity index (χ4v) is 2.42. The van der Waals surface area contributed by atoms with Crippen LogP contribution in [0.4, 0.5) is 13.2 Å². The van der Waals surface area contributed by atoms with Gasteiger partial charge in [0.1, 0.15) is 6.10 Å². The molecule has 1 aromatic carbocycles. The average Bonchev–Trinajstić information content (AvgIpc) is 2.44. The average molecular weight is 335 g/mol. The topological polar surface area (TPSA) is 46.6 Å². The van der Waals surface area contributed by atoms with Gasteiger partial charge in [-0.25, -0.2) is 0 Å². The van der Waals surface area contributed by atoms with Crippen molar-refractivity contribution in [2.45, 2.75) is 24.6 Å². The first-order valence-electron chi connectivity index (χ1n) is 6.28. The summed E-state index contributed by atoms with van der Waals surface area (Å²) < 4.78 is 64.8. The van der Waals surface area contributed by atoms with Crippen LogP contribution in [-0.2, 0) is 14.3 Å². The van der Waals surface area contributed by atoms with Crippen molar-refractivity contribution in [3.05, 3.63) is 35.9 Å². The molecule has 0 saturated carbocycles. The van der Waals surface area contributed by atoms with E-state index in [2.05, 4.69) is 10.1 Å². The maximum absolute atomic E-state index is 12.6. The van der Waals surface area contributed by atoms with Crippen LogP contribution in [0, 0.1) is 12.3 Å². The van der Waals surface area contributed by atoms with Crippen LogP contribution in [0.2, 0.25) is 0 Å². The number of hydrogen-bond donors (Lipinski definition) is 0. The van der Waals surface area contributed by atoms with E-state index in [1.807, 2.05) is 0 Å². The maximum atomic E-state index is 12.6. The predicted molar refractivity (Wildman–Crippen MR) is 76.2 cm³/mol. The van der Waals surface area contributed by atoms with Gasteiger partial charge in [0.2, 0.25) is 0 Å². The van der Waals surface area contributed by atoms with Gasteiger partial charge < -0.3 is 0 Å². The Balaban J connectivity index is 3.17. The first kappa shape index (κ1) is 18.5. The lowest BCUT2D eigenvalue weighted by Gasteiger charge is -2.30. The van der Waals surface area contributed by atoms with Crippen LogP contribution in [0.5, 0.6) is 0 Å². The third-order valence-corrected chi connectivity index (χ3v) is 4.14. The summed E-state index contributed by atoms with van der Waals surface area (Å²) >= 11 is 0. The minimum Gasteiger partial charge on any atom is -0.290 e. The second-order valence-corrected chi connectivity index (χ2v) is 6.25. The fraction of sp³-hybridized carbons (Fsp3) is 0.429. The van der Waals surface area contributed by atoms with Crippen molar-refractivity contribution in [1.29, 1.82) is 0 Å². The molecule has 0 saturated heterocycles. The smallest absolute Gasteiger partial charge is 0.290 e. The van der Waals surface area contributed by atoms with E-state index in [0.29, 0.717) is 5.56 Å². The molecule has 1 rings (SSSR count). The number of halogens is 3. The number of rotatable bonds is 6. The van der Waals surface area contributed by atoms with Gasteiger partial charge in [-0.05, 0) is 19.5 Å². The summed E-state index contributed by atoms with van der Waals surface area (Å²) in [5.41, 5.74) is -5.17. The Morgan fingerprint density at radius 3 is 2.32 bits per heavy atom. The molecule has 0 aliphatic heterocycles. The van der Waals surface area contributed by atoms with Crippen LogP contribution in [0.25, 0.3) is 0 Å². The monoisotopic (exact) mass is 335 g/mol. The second-order valence-electron chi connectivity index (χ2n) is 4.69. The number of terminal acetylenes is 1. The first-order valence-corrected chi connectivity index (χ1v) is 7.69. The van der Waals surface area contributed by atoms with E-state index in [0.717, 1.165) is 0 Å². The van der Waals surface area contributed by atoms with Crippen LogP contribution in [-0.4, -0.2) is 38.5 Å². The van der Waals surface area contributed by atoms with Gasteiger partial charge in [0, 0.05) is 6.04 Å². The molecule has 0 N–H and O–H groups in total. The van der Waals surface area contributed by atoms with Gasteiger partial charge in [0.25, 0.3) is 0 Å². The lowest BCUT2D eigenvalue weighted by atomic mass is 10.0. The lowest BCUT2D eigenvalue weighted by molar-refractivity contribution is -0.0602. The summed E-state index contributed by atoms with van der Waals surface area (Å²) in [7, 11) is -4.14. The van der Waals surface area contributed by atoms with Gasteiger partial charge in [-0.15, -0.1) is 6.42 Å². The molecular formula is C14H16F3NO3S. The van der Waals surface area contributed by atoms with E-state index in [9.17, 15) is 21.6 Å². The Labute approximate surface area is 128 Å². The summed E-state index contributed by atoms with van der Waals surface area (Å²) in [5.74, 6) is 2.35. The van der Waals surface area contributed by atoms with Crippen molar-refractivity contribution < 1.29 is 25.8 Å². The molecule has 0 heterocycles. The van der Waals surface area contributed by atoms with E-state index < -0.39 is 27.8 Å². The second kappa shape index (κ2) is 7.13. The van der Waals surface area contributed by atoms with Crippen molar-refractivity contribution in [1.82, 2.24) is 4.90 Å². The third kappa shape index (κ3) is 4.47. The highest BCUT2D eigenvalue weighted by Crippen LogP contribution is 2.33. The van der Waals surface area contributed by atoms with E-state index in [1.165, 1.54) is 17.0 Å². The fourth-order valence-electron chi connectivity index (χ4n) is 1.77. The third-order valence-electron chi connectivity index (χ3n) is 3.12. The van der Waals surface area contributed by atoms with Crippen LogP contribution < -0.4 is 0 Å². The predicted octanol–water partition coefficient (Wildman–Crippen LogP) is 2.55. The van der Waals surface area contributed by atoms with Gasteiger partial charge in [-0.2, -0.15) is 21.6 Å². The van der Waals surface area contributed by atoms with E-state index in [-0.39, 0.29) is 6.54 Å². The molecule has 1 unspecified atom stereocenters. The van der Waals surface area contributed by atoms with Crippen molar-refractivity contribution in [3.8, 4) is 12.3 Å². The SMILES string of the molecule is C#CCN(C)C(C)[C@@H](OS(=O)(=O)C(F)(F)F)c1ccccc1. The summed E-state index contributed by atoms with van der Waals surface area (Å²) in [4.78, 5) is 1.53. The number of hydrogen-bond acceptors (Lipinski definition) is 4. The van der Waals surface area contributed by atoms with Crippen molar-refractivity contribution in [2.75, 3.05) is 13.6 Å². The highest BCUT2D eigenvalue weighted by atomic mass is 32.2. The van der Waals surface area contributed by atoms with Crippen molar-refractivity contribution >= 4 is 10.1 Å². The Bertz CT molecular complexity index is 623. The number of likely N-dealkylation sites (N-methyl/N-ethyl adjacent to an activating group) is 1. The summed E-state index contributed by atoms with van der Waals surface area (Å²) in [6, 6.07) is 7.14. The first-order chi connectivity index (χ1) is 10.1. The minimum atomic E-state index is -5.72. The van der Waals surface area contributed by atoms with E-state index in [4.69, 9.17) is 6.42 Å². The van der Waals surface area contributed by atoms with Crippen LogP contribution in [0.1, 0.15) is 18.6 Å². The van der Waals surface area contributed by atoms with Crippen LogP contribution in [0.15, 0.2) is 30.3 Å². The van der Waals surface area contributed by atoms with Gasteiger partial charge in [-0.1, -0.05) is 36.3 Å². The molecule has 22 heavy (non-hydrogen) atoms. The quantitative estimate of drug-likeness (QED) is 0.455. The normalized spacial score (nSPS) is 15.3. The van der Waals surface area contributed by atoms with Crippen molar-refractivity contribution in [3.63, 3.8) is 0 Å². The van der Waals surface area contributed by atoms with Crippen LogP contribution >= 0.6 is 0 Å². The highest BCUT2D eigenvalue weighted by molar-refractivity contribution is 7.87. The molecular weight excluding hydrogens is 319 g/mol. The van der Waals surface area contributed by atoms with Crippen LogP contribution in [0.3, 0.4) is 0 Å². The number of nitrogens with zero attached hydrogens (tertiary/aromatic N) is 1.